The van der Waals surface area contributed by atoms with Crippen LogP contribution in [-0.2, 0) is 19.1 Å². The lowest BCUT2D eigenvalue weighted by Gasteiger charge is -2.41. The predicted octanol–water partition coefficient (Wildman–Crippen LogP) is 10.6. The molecule has 330 valence electrons. The van der Waals surface area contributed by atoms with Crippen molar-refractivity contribution in [3.8, 4) is 11.1 Å². The van der Waals surface area contributed by atoms with Crippen LogP contribution in [-0.4, -0.2) is 74.0 Å². The molecule has 4 unspecified atom stereocenters. The standard InChI is InChI=1S/C29H26N2O3S.C24H24N2O3S/c1-34-18-17-31-27(25-16-9-19-35-25)26(22-13-5-6-14-23(22)29(31)33)28(32)30-24-15-8-7-12-21(24)20-10-3-2-4-11-20;1-16-7-5-8-17(15-16)25-23(27)21-18-9-3-4-10-19(18)24(28)26(12-13-29-2)22(21)20-11-6-14-30-20/h2-16,19,26-27H,17-18H2,1H3,(H,30,32);3-11,14-15,21-22H,12-13H2,1-2H3,(H,25,27). The maximum absolute atomic E-state index is 14.1. The second kappa shape index (κ2) is 20.9. The van der Waals surface area contributed by atoms with Gasteiger partial charge in [-0.25, -0.2) is 0 Å². The molecule has 0 saturated heterocycles. The minimum atomic E-state index is -0.566. The number of methoxy groups -OCH3 is 2. The molecule has 2 aliphatic rings. The van der Waals surface area contributed by atoms with E-state index in [9.17, 15) is 19.2 Å². The average molecular weight is 903 g/mol. The van der Waals surface area contributed by atoms with Gasteiger partial charge in [-0.05, 0) is 82.4 Å². The highest BCUT2D eigenvalue weighted by molar-refractivity contribution is 7.10. The van der Waals surface area contributed by atoms with Gasteiger partial charge in [0, 0.05) is 65.1 Å². The molecule has 2 aromatic heterocycles. The molecule has 10 nitrogen and oxygen atoms in total. The third-order valence-corrected chi connectivity index (χ3v) is 13.6. The molecule has 4 amide bonds. The molecular weight excluding hydrogens is 853 g/mol. The van der Waals surface area contributed by atoms with Crippen LogP contribution in [0, 0.1) is 6.92 Å². The van der Waals surface area contributed by atoms with Crippen LogP contribution in [0.5, 0.6) is 0 Å². The molecule has 0 spiro atoms. The van der Waals surface area contributed by atoms with Crippen LogP contribution in [0.3, 0.4) is 0 Å². The Morgan fingerprint density at radius 1 is 0.554 bits per heavy atom. The third kappa shape index (κ3) is 9.72. The summed E-state index contributed by atoms with van der Waals surface area (Å²) in [4.78, 5) is 60.1. The molecule has 0 radical (unpaired) electrons. The highest BCUT2D eigenvalue weighted by Crippen LogP contribution is 2.46. The van der Waals surface area contributed by atoms with Gasteiger partial charge in [-0.1, -0.05) is 109 Å². The summed E-state index contributed by atoms with van der Waals surface area (Å²) in [6, 6.07) is 47.5. The minimum Gasteiger partial charge on any atom is -0.383 e. The van der Waals surface area contributed by atoms with E-state index in [4.69, 9.17) is 9.47 Å². The lowest BCUT2D eigenvalue weighted by Crippen LogP contribution is -2.47. The van der Waals surface area contributed by atoms with Gasteiger partial charge in [0.1, 0.15) is 0 Å². The first kappa shape index (κ1) is 44.9. The van der Waals surface area contributed by atoms with E-state index in [1.807, 2.05) is 157 Å². The van der Waals surface area contributed by atoms with Gasteiger partial charge in [0.05, 0.1) is 37.1 Å². The summed E-state index contributed by atoms with van der Waals surface area (Å²) in [6.45, 7) is 3.60. The summed E-state index contributed by atoms with van der Waals surface area (Å²) in [6.07, 6.45) is 0. The van der Waals surface area contributed by atoms with E-state index in [1.165, 1.54) is 0 Å². The monoisotopic (exact) mass is 902 g/mol. The zero-order valence-corrected chi connectivity index (χ0v) is 38.0. The number of fused-ring (bicyclic) bond motifs is 2. The number of anilines is 2. The molecule has 9 rings (SSSR count). The Morgan fingerprint density at radius 3 is 1.55 bits per heavy atom. The number of carbonyl (C=O) groups excluding carboxylic acids is 4. The van der Waals surface area contributed by atoms with Crippen LogP contribution < -0.4 is 10.6 Å². The topological polar surface area (TPSA) is 117 Å². The van der Waals surface area contributed by atoms with Crippen LogP contribution in [0.1, 0.15) is 71.1 Å². The number of nitrogens with one attached hydrogen (secondary N) is 2. The normalized spacial score (nSPS) is 17.6. The molecule has 4 heterocycles. The number of para-hydroxylation sites is 1. The lowest BCUT2D eigenvalue weighted by atomic mass is 9.81. The molecule has 4 atom stereocenters. The second-order valence-corrected chi connectivity index (χ2v) is 17.8. The first-order chi connectivity index (χ1) is 31.8. The average Bonchev–Trinajstić information content (AvgIpc) is 4.08. The van der Waals surface area contributed by atoms with Gasteiger partial charge in [0.2, 0.25) is 11.8 Å². The Kier molecular flexibility index (Phi) is 14.4. The smallest absolute Gasteiger partial charge is 0.254 e. The van der Waals surface area contributed by atoms with Crippen LogP contribution in [0.25, 0.3) is 11.1 Å². The van der Waals surface area contributed by atoms with Crippen LogP contribution >= 0.6 is 22.7 Å². The zero-order valence-electron chi connectivity index (χ0n) is 36.4. The Balaban J connectivity index is 0.000000179. The van der Waals surface area contributed by atoms with Gasteiger partial charge in [-0.3, -0.25) is 19.2 Å². The van der Waals surface area contributed by atoms with Gasteiger partial charge in [-0.2, -0.15) is 0 Å². The third-order valence-electron chi connectivity index (χ3n) is 11.7. The number of carbonyl (C=O) groups is 4. The van der Waals surface area contributed by atoms with E-state index in [1.54, 1.807) is 58.8 Å². The Bertz CT molecular complexity index is 2740. The molecule has 65 heavy (non-hydrogen) atoms. The van der Waals surface area contributed by atoms with Crippen molar-refractivity contribution in [2.45, 2.75) is 30.8 Å². The highest BCUT2D eigenvalue weighted by Gasteiger charge is 2.46. The van der Waals surface area contributed by atoms with Crippen molar-refractivity contribution in [2.24, 2.45) is 0 Å². The predicted molar refractivity (Wildman–Crippen MR) is 259 cm³/mol. The molecule has 5 aromatic carbocycles. The Morgan fingerprint density at radius 2 is 1.05 bits per heavy atom. The van der Waals surface area contributed by atoms with E-state index in [0.717, 1.165) is 48.9 Å². The summed E-state index contributed by atoms with van der Waals surface area (Å²) in [7, 11) is 3.23. The van der Waals surface area contributed by atoms with Crippen LogP contribution in [0.15, 0.2) is 162 Å². The fraction of sp³-hybridized carbons (Fsp3) is 0.208. The maximum atomic E-state index is 14.1. The van der Waals surface area contributed by atoms with Crippen molar-refractivity contribution < 1.29 is 28.7 Å². The van der Waals surface area contributed by atoms with Gasteiger partial charge >= 0.3 is 0 Å². The number of amides is 4. The zero-order chi connectivity index (χ0) is 45.3. The fourth-order valence-electron chi connectivity index (χ4n) is 8.79. The Labute approximate surface area is 387 Å². The van der Waals surface area contributed by atoms with E-state index < -0.39 is 17.9 Å². The number of nitrogens with zero attached hydrogens (tertiary/aromatic N) is 2. The van der Waals surface area contributed by atoms with Crippen molar-refractivity contribution >= 4 is 57.7 Å². The maximum Gasteiger partial charge on any atom is 0.254 e. The molecule has 2 aliphatic heterocycles. The summed E-state index contributed by atoms with van der Waals surface area (Å²) >= 11 is 3.11. The summed E-state index contributed by atoms with van der Waals surface area (Å²) in [5, 5.41) is 10.2. The first-order valence-electron chi connectivity index (χ1n) is 21.5. The second-order valence-electron chi connectivity index (χ2n) is 15.8. The number of ether oxygens (including phenoxy) is 2. The quantitative estimate of drug-likeness (QED) is 0.119. The number of hydrogen-bond acceptors (Lipinski definition) is 8. The number of hydrogen-bond donors (Lipinski definition) is 2. The summed E-state index contributed by atoms with van der Waals surface area (Å²) < 4.78 is 10.6. The van der Waals surface area contributed by atoms with Crippen molar-refractivity contribution in [3.63, 3.8) is 0 Å². The van der Waals surface area contributed by atoms with E-state index in [2.05, 4.69) is 10.6 Å². The number of aryl methyl sites for hydroxylation is 1. The highest BCUT2D eigenvalue weighted by atomic mass is 32.1. The summed E-state index contributed by atoms with van der Waals surface area (Å²) in [5.74, 6) is -1.50. The van der Waals surface area contributed by atoms with Gasteiger partial charge < -0.3 is 29.9 Å². The molecule has 2 N–H and O–H groups in total. The van der Waals surface area contributed by atoms with Crippen molar-refractivity contribution in [1.29, 1.82) is 0 Å². The number of thiophene rings is 2. The number of benzene rings is 5. The molecule has 12 heteroatoms. The molecule has 0 saturated carbocycles. The summed E-state index contributed by atoms with van der Waals surface area (Å²) in [5.41, 5.74) is 7.19. The molecule has 0 fully saturated rings. The molecule has 0 aliphatic carbocycles. The minimum absolute atomic E-state index is 0.0688. The van der Waals surface area contributed by atoms with Gasteiger partial charge in [0.15, 0.2) is 0 Å². The molecule has 7 aromatic rings. The Hall–Kier alpha value is -6.70. The van der Waals surface area contributed by atoms with E-state index >= 15 is 0 Å². The lowest BCUT2D eigenvalue weighted by molar-refractivity contribution is -0.120. The van der Waals surface area contributed by atoms with E-state index in [0.29, 0.717) is 37.4 Å². The first-order valence-corrected chi connectivity index (χ1v) is 23.2. The fourth-order valence-corrected chi connectivity index (χ4v) is 10.5. The molecule has 0 bridgehead atoms. The van der Waals surface area contributed by atoms with Gasteiger partial charge in [0.25, 0.3) is 11.8 Å². The number of rotatable bonds is 13. The van der Waals surface area contributed by atoms with E-state index in [-0.39, 0.29) is 29.7 Å². The van der Waals surface area contributed by atoms with Gasteiger partial charge in [-0.15, -0.1) is 22.7 Å². The van der Waals surface area contributed by atoms with Crippen molar-refractivity contribution in [3.05, 3.63) is 200 Å². The van der Waals surface area contributed by atoms with Crippen LogP contribution in [0.4, 0.5) is 11.4 Å². The van der Waals surface area contributed by atoms with Crippen LogP contribution in [0.2, 0.25) is 0 Å². The van der Waals surface area contributed by atoms with Crippen molar-refractivity contribution in [2.75, 3.05) is 51.2 Å². The van der Waals surface area contributed by atoms with Crippen molar-refractivity contribution in [1.82, 2.24) is 9.80 Å². The molecular formula is C53H50N4O6S2. The largest absolute Gasteiger partial charge is 0.383 e. The SMILES string of the molecule is COCCN1C(=O)c2ccccc2C(C(=O)Nc2cccc(C)c2)C1c1cccs1.COCCN1C(=O)c2ccccc2C(C(=O)Nc2ccccc2-c2ccccc2)C1c1cccs1.